The Kier molecular flexibility index (Phi) is 6.08. The van der Waals surface area contributed by atoms with Crippen molar-refractivity contribution in [3.05, 3.63) is 59.7 Å². The van der Waals surface area contributed by atoms with Crippen molar-refractivity contribution >= 4 is 15.7 Å². The van der Waals surface area contributed by atoms with Crippen LogP contribution in [0.15, 0.2) is 53.4 Å². The van der Waals surface area contributed by atoms with Gasteiger partial charge in [0.05, 0.1) is 17.2 Å². The van der Waals surface area contributed by atoms with E-state index in [1.165, 1.54) is 0 Å². The molecule has 1 amide bonds. The van der Waals surface area contributed by atoms with E-state index >= 15 is 0 Å². The summed E-state index contributed by atoms with van der Waals surface area (Å²) in [7, 11) is -3.33. The van der Waals surface area contributed by atoms with Crippen LogP contribution >= 0.6 is 0 Å². The van der Waals surface area contributed by atoms with E-state index in [9.17, 15) is 13.2 Å². The third-order valence-corrected chi connectivity index (χ3v) is 7.94. The van der Waals surface area contributed by atoms with E-state index in [0.717, 1.165) is 36.3 Å². The van der Waals surface area contributed by atoms with Gasteiger partial charge < -0.3 is 9.64 Å². The number of carbonyl (C=O) groups is 1. The van der Waals surface area contributed by atoms with Gasteiger partial charge in [0.25, 0.3) is 0 Å². The van der Waals surface area contributed by atoms with Crippen LogP contribution in [0.5, 0.6) is 5.75 Å². The highest BCUT2D eigenvalue weighted by atomic mass is 32.2. The summed E-state index contributed by atoms with van der Waals surface area (Å²) in [6.07, 6.45) is 1.74. The second-order valence-corrected chi connectivity index (χ2v) is 10.9. The van der Waals surface area contributed by atoms with Crippen molar-refractivity contribution in [3.63, 3.8) is 0 Å². The lowest BCUT2D eigenvalue weighted by atomic mass is 9.91. The monoisotopic (exact) mass is 442 g/mol. The molecule has 2 aromatic rings. The molecule has 1 spiro atoms. The van der Waals surface area contributed by atoms with Gasteiger partial charge >= 0.3 is 0 Å². The Balaban J connectivity index is 1.53. The van der Waals surface area contributed by atoms with E-state index < -0.39 is 15.4 Å². The van der Waals surface area contributed by atoms with Gasteiger partial charge in [0.15, 0.2) is 9.84 Å². The normalized spacial score (nSPS) is 21.9. The number of nitrogens with zero attached hydrogens (tertiary/aromatic N) is 2. The molecule has 166 valence electrons. The fourth-order valence-electron chi connectivity index (χ4n) is 4.62. The molecule has 0 aliphatic carbocycles. The number of rotatable bonds is 4. The Hall–Kier alpha value is -2.38. The molecule has 2 aliphatic rings. The Morgan fingerprint density at radius 3 is 2.65 bits per heavy atom. The molecule has 2 heterocycles. The molecule has 0 radical (unpaired) electrons. The Morgan fingerprint density at radius 1 is 1.13 bits per heavy atom. The number of amides is 1. The third-order valence-electron chi connectivity index (χ3n) is 6.23. The Labute approximate surface area is 184 Å². The number of hydrogen-bond acceptors (Lipinski definition) is 5. The maximum atomic E-state index is 12.7. The maximum absolute atomic E-state index is 12.7. The lowest BCUT2D eigenvalue weighted by Crippen LogP contribution is -2.57. The van der Waals surface area contributed by atoms with Crippen LogP contribution in [0.25, 0.3) is 0 Å². The summed E-state index contributed by atoms with van der Waals surface area (Å²) in [4.78, 5) is 16.7. The lowest BCUT2D eigenvalue weighted by Gasteiger charge is -2.43. The number of hydrogen-bond donors (Lipinski definition) is 0. The molecule has 0 N–H and O–H groups in total. The van der Waals surface area contributed by atoms with Crippen molar-refractivity contribution in [2.75, 3.05) is 31.9 Å². The molecule has 1 saturated heterocycles. The second-order valence-electron chi connectivity index (χ2n) is 8.78. The first-order valence-corrected chi connectivity index (χ1v) is 12.5. The molecule has 6 nitrogen and oxygen atoms in total. The van der Waals surface area contributed by atoms with E-state index in [-0.39, 0.29) is 11.7 Å². The summed E-state index contributed by atoms with van der Waals surface area (Å²) in [6.45, 7) is 6.57. The van der Waals surface area contributed by atoms with Crippen molar-refractivity contribution in [1.29, 1.82) is 0 Å². The van der Waals surface area contributed by atoms with E-state index in [2.05, 4.69) is 11.0 Å². The largest absolute Gasteiger partial charge is 0.484 e. The van der Waals surface area contributed by atoms with Gasteiger partial charge in [-0.2, -0.15) is 0 Å². The summed E-state index contributed by atoms with van der Waals surface area (Å²) < 4.78 is 32.0. The molecular weight excluding hydrogens is 412 g/mol. The molecular formula is C24H30N2O4S. The fraction of sp³-hybridized carbons (Fsp3) is 0.458. The Bertz CT molecular complexity index is 1050. The summed E-state index contributed by atoms with van der Waals surface area (Å²) >= 11 is 0. The predicted molar refractivity (Wildman–Crippen MR) is 120 cm³/mol. The fourth-order valence-corrected chi connectivity index (χ4v) is 5.92. The van der Waals surface area contributed by atoms with E-state index in [1.807, 2.05) is 30.0 Å². The molecule has 1 atom stereocenters. The molecule has 0 saturated carbocycles. The van der Waals surface area contributed by atoms with Crippen LogP contribution < -0.4 is 4.74 Å². The molecule has 1 unspecified atom stereocenters. The zero-order valence-electron chi connectivity index (χ0n) is 18.2. The van der Waals surface area contributed by atoms with Crippen LogP contribution in [0.2, 0.25) is 0 Å². The summed E-state index contributed by atoms with van der Waals surface area (Å²) in [5.41, 5.74) is 1.63. The molecule has 2 aromatic carbocycles. The van der Waals surface area contributed by atoms with Crippen LogP contribution in [0.4, 0.5) is 0 Å². The molecule has 7 heteroatoms. The number of fused-ring (bicyclic) bond motifs is 1. The zero-order chi connectivity index (χ0) is 22.1. The van der Waals surface area contributed by atoms with Crippen LogP contribution in [0.1, 0.15) is 30.9 Å². The minimum absolute atomic E-state index is 0.0288. The van der Waals surface area contributed by atoms with Crippen LogP contribution in [-0.4, -0.2) is 61.7 Å². The molecule has 0 aromatic heterocycles. The van der Waals surface area contributed by atoms with Gasteiger partial charge in [-0.25, -0.2) is 8.42 Å². The zero-order valence-corrected chi connectivity index (χ0v) is 19.0. The predicted octanol–water partition coefficient (Wildman–Crippen LogP) is 3.04. The van der Waals surface area contributed by atoms with Crippen molar-refractivity contribution in [1.82, 2.24) is 9.80 Å². The van der Waals surface area contributed by atoms with Gasteiger partial charge in [-0.15, -0.1) is 0 Å². The average Bonchev–Trinajstić information content (AvgIpc) is 2.89. The van der Waals surface area contributed by atoms with Crippen molar-refractivity contribution in [2.24, 2.45) is 0 Å². The molecule has 31 heavy (non-hydrogen) atoms. The summed E-state index contributed by atoms with van der Waals surface area (Å²) in [6, 6.07) is 14.7. The van der Waals surface area contributed by atoms with Crippen molar-refractivity contribution in [3.8, 4) is 5.75 Å². The highest BCUT2D eigenvalue weighted by Gasteiger charge is 2.42. The van der Waals surface area contributed by atoms with E-state index in [1.54, 1.807) is 31.2 Å². The molecule has 2 aliphatic heterocycles. The molecule has 0 bridgehead atoms. The summed E-state index contributed by atoms with van der Waals surface area (Å²) in [5.74, 6) is 0.925. The third kappa shape index (κ3) is 4.93. The minimum atomic E-state index is -3.33. The highest BCUT2D eigenvalue weighted by molar-refractivity contribution is 7.91. The minimum Gasteiger partial charge on any atom is -0.484 e. The topological polar surface area (TPSA) is 66.9 Å². The van der Waals surface area contributed by atoms with Crippen LogP contribution in [-0.2, 0) is 21.2 Å². The maximum Gasteiger partial charge on any atom is 0.219 e. The number of piperidine rings is 1. The number of carbonyl (C=O) groups excluding carboxylic acids is 1. The first kappa shape index (κ1) is 21.8. The van der Waals surface area contributed by atoms with Crippen LogP contribution in [0, 0.1) is 6.92 Å². The van der Waals surface area contributed by atoms with Gasteiger partial charge in [-0.3, -0.25) is 9.69 Å². The van der Waals surface area contributed by atoms with E-state index in [4.69, 9.17) is 4.74 Å². The molecule has 1 fully saturated rings. The van der Waals surface area contributed by atoms with Gasteiger partial charge in [0.2, 0.25) is 5.91 Å². The number of aryl methyl sites for hydroxylation is 1. The summed E-state index contributed by atoms with van der Waals surface area (Å²) in [5, 5.41) is 0. The number of benzene rings is 2. The molecule has 4 rings (SSSR count). The average molecular weight is 443 g/mol. The van der Waals surface area contributed by atoms with Crippen LogP contribution in [0.3, 0.4) is 0 Å². The first-order chi connectivity index (χ1) is 14.8. The quantitative estimate of drug-likeness (QED) is 0.728. The number of sulfone groups is 1. The van der Waals surface area contributed by atoms with Gasteiger partial charge in [0.1, 0.15) is 11.4 Å². The first-order valence-electron chi connectivity index (χ1n) is 10.8. The smallest absolute Gasteiger partial charge is 0.219 e. The number of likely N-dealkylation sites (tertiary alicyclic amines) is 1. The van der Waals surface area contributed by atoms with Crippen molar-refractivity contribution in [2.45, 2.75) is 43.7 Å². The van der Waals surface area contributed by atoms with Gasteiger partial charge in [-0.1, -0.05) is 35.9 Å². The SMILES string of the molecule is CC(=O)N1Cc2cc(C)ccc2OC2(CCCN(CCS(=O)(=O)c3ccccc3)C2)C1. The lowest BCUT2D eigenvalue weighted by molar-refractivity contribution is -0.133. The highest BCUT2D eigenvalue weighted by Crippen LogP contribution is 2.35. The van der Waals surface area contributed by atoms with Crippen molar-refractivity contribution < 1.29 is 17.9 Å². The van der Waals surface area contributed by atoms with E-state index in [0.29, 0.717) is 31.1 Å². The van der Waals surface area contributed by atoms with Gasteiger partial charge in [0, 0.05) is 32.1 Å². The second kappa shape index (κ2) is 8.63. The number of ether oxygens (including phenoxy) is 1. The Morgan fingerprint density at radius 2 is 1.90 bits per heavy atom. The van der Waals surface area contributed by atoms with Gasteiger partial charge in [-0.05, 0) is 44.5 Å². The standard InChI is InChI=1S/C24H30N2O4S/c1-19-9-10-23-21(15-19)16-26(20(2)27)18-24(30-23)11-6-12-25(17-24)13-14-31(28,29)22-7-4-3-5-8-22/h3-5,7-10,15H,6,11-14,16-18H2,1-2H3.